The van der Waals surface area contributed by atoms with Crippen molar-refractivity contribution in [2.45, 2.75) is 6.18 Å². The number of benzene rings is 2. The minimum absolute atomic E-state index is 0.0972. The Hall–Kier alpha value is -2.63. The van der Waals surface area contributed by atoms with Crippen molar-refractivity contribution in [1.29, 1.82) is 0 Å². The lowest BCUT2D eigenvalue weighted by Gasteiger charge is -2.14. The number of carboxylic acid groups (broad SMARTS) is 1. The van der Waals surface area contributed by atoms with Gasteiger partial charge in [-0.15, -0.1) is 0 Å². The Morgan fingerprint density at radius 2 is 1.68 bits per heavy atom. The van der Waals surface area contributed by atoms with Crippen LogP contribution in [0, 0.1) is 5.82 Å². The minimum atomic E-state index is -4.61. The van der Waals surface area contributed by atoms with E-state index in [-0.39, 0.29) is 16.7 Å². The summed E-state index contributed by atoms with van der Waals surface area (Å²) >= 11 is 0. The normalized spacial score (nSPS) is 11.8. The average Bonchev–Trinajstić information content (AvgIpc) is 2.45. The van der Waals surface area contributed by atoms with Crippen LogP contribution in [0.4, 0.5) is 17.6 Å². The van der Waals surface area contributed by atoms with E-state index in [0.29, 0.717) is 0 Å². The van der Waals surface area contributed by atoms with E-state index in [1.807, 2.05) is 0 Å². The molecule has 2 rings (SSSR count). The predicted molar refractivity (Wildman–Crippen MR) is 73.5 cm³/mol. The van der Waals surface area contributed by atoms with E-state index < -0.39 is 23.5 Å². The molecule has 1 N–H and O–H groups in total. The second-order valence-electron chi connectivity index (χ2n) is 4.48. The molecule has 0 heterocycles. The van der Waals surface area contributed by atoms with Gasteiger partial charge in [0, 0.05) is 6.08 Å². The lowest BCUT2D eigenvalue weighted by atomic mass is 9.97. The van der Waals surface area contributed by atoms with Gasteiger partial charge in [-0.25, -0.2) is 9.18 Å². The molecule has 0 bridgehead atoms. The van der Waals surface area contributed by atoms with Crippen molar-refractivity contribution in [2.24, 2.45) is 0 Å². The van der Waals surface area contributed by atoms with Crippen LogP contribution in [0.15, 0.2) is 48.5 Å². The Kier molecular flexibility index (Phi) is 4.30. The molecule has 0 atom stereocenters. The van der Waals surface area contributed by atoms with Gasteiger partial charge in [-0.2, -0.15) is 13.2 Å². The van der Waals surface area contributed by atoms with Crippen molar-refractivity contribution in [3.63, 3.8) is 0 Å². The summed E-state index contributed by atoms with van der Waals surface area (Å²) < 4.78 is 52.4. The lowest BCUT2D eigenvalue weighted by Crippen LogP contribution is -2.07. The molecule has 0 aromatic heterocycles. The smallest absolute Gasteiger partial charge is 0.417 e. The average molecular weight is 310 g/mol. The second kappa shape index (κ2) is 6.01. The van der Waals surface area contributed by atoms with E-state index in [1.54, 1.807) is 0 Å². The molecular formula is C16H10F4O2. The largest absolute Gasteiger partial charge is 0.478 e. The van der Waals surface area contributed by atoms with E-state index in [9.17, 15) is 22.4 Å². The first-order chi connectivity index (χ1) is 10.3. The van der Waals surface area contributed by atoms with Crippen molar-refractivity contribution >= 4 is 12.0 Å². The van der Waals surface area contributed by atoms with Crippen LogP contribution in [-0.4, -0.2) is 11.1 Å². The number of carbonyl (C=O) groups is 1. The zero-order chi connectivity index (χ0) is 16.3. The highest BCUT2D eigenvalue weighted by molar-refractivity contribution is 5.85. The number of rotatable bonds is 3. The molecule has 6 heteroatoms. The third kappa shape index (κ3) is 3.72. The van der Waals surface area contributed by atoms with Gasteiger partial charge in [0.25, 0.3) is 0 Å². The van der Waals surface area contributed by atoms with Gasteiger partial charge in [-0.05, 0) is 41.0 Å². The molecule has 2 nitrogen and oxygen atoms in total. The van der Waals surface area contributed by atoms with Gasteiger partial charge in [0.15, 0.2) is 0 Å². The molecule has 0 aliphatic heterocycles. The van der Waals surface area contributed by atoms with E-state index in [2.05, 4.69) is 0 Å². The van der Waals surface area contributed by atoms with Crippen LogP contribution >= 0.6 is 0 Å². The van der Waals surface area contributed by atoms with Crippen LogP contribution in [-0.2, 0) is 11.0 Å². The van der Waals surface area contributed by atoms with Gasteiger partial charge in [0.1, 0.15) is 5.82 Å². The van der Waals surface area contributed by atoms with Crippen molar-refractivity contribution in [3.05, 3.63) is 65.5 Å². The third-order valence-electron chi connectivity index (χ3n) is 2.92. The molecular weight excluding hydrogens is 300 g/mol. The summed E-state index contributed by atoms with van der Waals surface area (Å²) in [5.74, 6) is -1.80. The van der Waals surface area contributed by atoms with Gasteiger partial charge < -0.3 is 5.11 Å². The van der Waals surface area contributed by atoms with Gasteiger partial charge in [0.2, 0.25) is 0 Å². The molecule has 0 aliphatic carbocycles. The highest BCUT2D eigenvalue weighted by atomic mass is 19.4. The molecule has 114 valence electrons. The van der Waals surface area contributed by atoms with Crippen molar-refractivity contribution in [3.8, 4) is 11.1 Å². The first-order valence-electron chi connectivity index (χ1n) is 6.15. The molecule has 22 heavy (non-hydrogen) atoms. The van der Waals surface area contributed by atoms with Gasteiger partial charge in [0.05, 0.1) is 5.56 Å². The van der Waals surface area contributed by atoms with E-state index in [1.165, 1.54) is 24.3 Å². The standard InChI is InChI=1S/C16H10F4O2/c17-12-5-3-11(4-6-12)13-7-1-10(2-8-15(21)22)9-14(13)16(18,19)20/h1-9H,(H,21,22)/b8-2+. The lowest BCUT2D eigenvalue weighted by molar-refractivity contribution is -0.137. The molecule has 0 saturated heterocycles. The summed E-state index contributed by atoms with van der Waals surface area (Å²) in [5.41, 5.74) is -0.672. The Balaban J connectivity index is 2.54. The summed E-state index contributed by atoms with van der Waals surface area (Å²) in [4.78, 5) is 10.4. The molecule has 0 radical (unpaired) electrons. The Bertz CT molecular complexity index is 716. The van der Waals surface area contributed by atoms with Crippen molar-refractivity contribution in [2.75, 3.05) is 0 Å². The Labute approximate surface area is 123 Å². The third-order valence-corrected chi connectivity index (χ3v) is 2.92. The van der Waals surface area contributed by atoms with E-state index >= 15 is 0 Å². The number of halogens is 4. The minimum Gasteiger partial charge on any atom is -0.478 e. The van der Waals surface area contributed by atoms with Crippen molar-refractivity contribution in [1.82, 2.24) is 0 Å². The molecule has 2 aromatic carbocycles. The SMILES string of the molecule is O=C(O)/C=C/c1ccc(-c2ccc(F)cc2)c(C(F)(F)F)c1. The van der Waals surface area contributed by atoms with Gasteiger partial charge in [-0.3, -0.25) is 0 Å². The highest BCUT2D eigenvalue weighted by Crippen LogP contribution is 2.37. The molecule has 0 fully saturated rings. The van der Waals surface area contributed by atoms with Crippen LogP contribution in [0.2, 0.25) is 0 Å². The van der Waals surface area contributed by atoms with Gasteiger partial charge >= 0.3 is 12.1 Å². The molecule has 0 unspecified atom stereocenters. The number of carboxylic acids is 1. The fraction of sp³-hybridized carbons (Fsp3) is 0.0625. The Morgan fingerprint density at radius 3 is 2.23 bits per heavy atom. The molecule has 0 aliphatic rings. The maximum Gasteiger partial charge on any atom is 0.417 e. The van der Waals surface area contributed by atoms with Crippen LogP contribution in [0.5, 0.6) is 0 Å². The maximum atomic E-state index is 13.2. The van der Waals surface area contributed by atoms with E-state index in [0.717, 1.165) is 30.4 Å². The molecule has 0 amide bonds. The quantitative estimate of drug-likeness (QED) is 0.664. The zero-order valence-electron chi connectivity index (χ0n) is 11.1. The highest BCUT2D eigenvalue weighted by Gasteiger charge is 2.33. The van der Waals surface area contributed by atoms with Gasteiger partial charge in [-0.1, -0.05) is 24.3 Å². The maximum absolute atomic E-state index is 13.2. The number of hydrogen-bond acceptors (Lipinski definition) is 1. The molecule has 0 saturated carbocycles. The number of aliphatic carboxylic acids is 1. The zero-order valence-corrected chi connectivity index (χ0v) is 11.1. The van der Waals surface area contributed by atoms with Crippen LogP contribution in [0.25, 0.3) is 17.2 Å². The van der Waals surface area contributed by atoms with Crippen molar-refractivity contribution < 1.29 is 27.5 Å². The summed E-state index contributed by atoms with van der Waals surface area (Å²) in [6.07, 6.45) is -2.78. The summed E-state index contributed by atoms with van der Waals surface area (Å²) in [5, 5.41) is 8.52. The first-order valence-corrected chi connectivity index (χ1v) is 6.15. The van der Waals surface area contributed by atoms with Crippen LogP contribution in [0.3, 0.4) is 0 Å². The topological polar surface area (TPSA) is 37.3 Å². The summed E-state index contributed by atoms with van der Waals surface area (Å²) in [7, 11) is 0. The summed E-state index contributed by atoms with van der Waals surface area (Å²) in [6, 6.07) is 8.13. The van der Waals surface area contributed by atoms with Crippen LogP contribution in [0.1, 0.15) is 11.1 Å². The van der Waals surface area contributed by atoms with Crippen LogP contribution < -0.4 is 0 Å². The number of hydrogen-bond donors (Lipinski definition) is 1. The first kappa shape index (κ1) is 15.8. The number of alkyl halides is 3. The Morgan fingerprint density at radius 1 is 1.05 bits per heavy atom. The molecule has 2 aromatic rings. The van der Waals surface area contributed by atoms with E-state index in [4.69, 9.17) is 5.11 Å². The fourth-order valence-corrected chi connectivity index (χ4v) is 1.95. The molecule has 0 spiro atoms. The fourth-order valence-electron chi connectivity index (χ4n) is 1.95. The summed E-state index contributed by atoms with van der Waals surface area (Å²) in [6.45, 7) is 0. The second-order valence-corrected chi connectivity index (χ2v) is 4.48. The predicted octanol–water partition coefficient (Wildman–Crippen LogP) is 4.61. The monoisotopic (exact) mass is 310 g/mol.